The van der Waals surface area contributed by atoms with Crippen LogP contribution in [-0.2, 0) is 56.0 Å². The van der Waals surface area contributed by atoms with Crippen LogP contribution in [0.15, 0.2) is 48.5 Å². The number of carbonyl (C=O) groups is 9. The van der Waals surface area contributed by atoms with Crippen LogP contribution >= 0.6 is 12.6 Å². The first-order chi connectivity index (χ1) is 33.8. The van der Waals surface area contributed by atoms with Crippen LogP contribution in [0.3, 0.4) is 0 Å². The molecule has 9 atom stereocenters. The van der Waals surface area contributed by atoms with Crippen LogP contribution in [0.5, 0.6) is 11.5 Å². The largest absolute Gasteiger partial charge is 0.508 e. The SMILES string of the molecule is CC[C@H](C)[C@H](NC(=O)[C@H](CO)NC(=O)[C@H](Cc1ccc(O)cc1)NC(=O)[C@H](Cc1ccc(O)cc1)NC(=O)[C@@H]1CCCN1C(=O)CN)C(=O)N[C@@H](CCCCN)C(=O)N[C@@H](CS)C(=O)N[C@@H](CO)C(=O)O. The van der Waals surface area contributed by atoms with Crippen LogP contribution in [0, 0.1) is 5.92 Å². The Morgan fingerprint density at radius 2 is 1.11 bits per heavy atom. The molecule has 16 N–H and O–H groups in total. The lowest BCUT2D eigenvalue weighted by atomic mass is 9.97. The number of phenols is 2. The highest BCUT2D eigenvalue weighted by atomic mass is 32.1. The van der Waals surface area contributed by atoms with E-state index < -0.39 is 121 Å². The number of aliphatic hydroxyl groups excluding tert-OH is 2. The van der Waals surface area contributed by atoms with E-state index in [9.17, 15) is 68.7 Å². The number of hydrogen-bond donors (Lipinski definition) is 15. The number of unbranched alkanes of at least 4 members (excludes halogenated alkanes) is 1. The van der Waals surface area contributed by atoms with Gasteiger partial charge in [-0.25, -0.2) is 4.79 Å². The van der Waals surface area contributed by atoms with E-state index in [0.29, 0.717) is 43.2 Å². The summed E-state index contributed by atoms with van der Waals surface area (Å²) < 4.78 is 0. The number of amides is 8. The van der Waals surface area contributed by atoms with Crippen molar-refractivity contribution in [2.24, 2.45) is 17.4 Å². The number of carboxylic acid groups (broad SMARTS) is 1. The third-order valence-corrected chi connectivity index (χ3v) is 12.2. The molecule has 0 radical (unpaired) electrons. The molecule has 0 spiro atoms. The second kappa shape index (κ2) is 29.6. The number of nitrogens with two attached hydrogens (primary N) is 2. The minimum Gasteiger partial charge on any atom is -0.508 e. The quantitative estimate of drug-likeness (QED) is 0.0277. The first-order valence-corrected chi connectivity index (χ1v) is 23.9. The van der Waals surface area contributed by atoms with Crippen LogP contribution in [-0.4, -0.2) is 171 Å². The lowest BCUT2D eigenvalue weighted by Gasteiger charge is -2.29. The van der Waals surface area contributed by atoms with Crippen molar-refractivity contribution in [3.8, 4) is 11.5 Å². The Morgan fingerprint density at radius 3 is 1.61 bits per heavy atom. The molecule has 0 aliphatic carbocycles. The van der Waals surface area contributed by atoms with Crippen molar-refractivity contribution in [2.75, 3.05) is 38.6 Å². The number of likely N-dealkylation sites (tertiary alicyclic amines) is 1. The van der Waals surface area contributed by atoms with Crippen LogP contribution in [0.2, 0.25) is 0 Å². The molecule has 24 nitrogen and oxygen atoms in total. The molecular weight excluding hydrogens is 949 g/mol. The van der Waals surface area contributed by atoms with Crippen molar-refractivity contribution in [1.82, 2.24) is 42.1 Å². The maximum Gasteiger partial charge on any atom is 0.328 e. The van der Waals surface area contributed by atoms with Gasteiger partial charge in [0, 0.05) is 25.1 Å². The summed E-state index contributed by atoms with van der Waals surface area (Å²) in [7, 11) is 0. The minimum atomic E-state index is -1.73. The van der Waals surface area contributed by atoms with Gasteiger partial charge in [-0.3, -0.25) is 38.4 Å². The topological polar surface area (TPSA) is 394 Å². The third-order valence-electron chi connectivity index (χ3n) is 11.9. The second-order valence-corrected chi connectivity index (χ2v) is 17.5. The van der Waals surface area contributed by atoms with Gasteiger partial charge in [0.25, 0.3) is 0 Å². The van der Waals surface area contributed by atoms with Crippen molar-refractivity contribution in [2.45, 2.75) is 114 Å². The molecule has 25 heteroatoms. The Kier molecular flexibility index (Phi) is 24.5. The predicted octanol–water partition coefficient (Wildman–Crippen LogP) is -3.60. The molecular formula is C46H68N10O14S. The normalized spacial score (nSPS) is 16.6. The zero-order chi connectivity index (χ0) is 52.8. The van der Waals surface area contributed by atoms with Crippen molar-refractivity contribution in [3.63, 3.8) is 0 Å². The first kappa shape index (κ1) is 58.8. The molecule has 0 saturated carbocycles. The summed E-state index contributed by atoms with van der Waals surface area (Å²) in [6.45, 7) is 1.60. The zero-order valence-corrected chi connectivity index (χ0v) is 40.6. The van der Waals surface area contributed by atoms with Crippen molar-refractivity contribution in [1.29, 1.82) is 0 Å². The van der Waals surface area contributed by atoms with Crippen molar-refractivity contribution in [3.05, 3.63) is 59.7 Å². The summed E-state index contributed by atoms with van der Waals surface area (Å²) in [5.74, 6) is -9.26. The number of carboxylic acids is 1. The number of thiol groups is 1. The van der Waals surface area contributed by atoms with E-state index in [4.69, 9.17) is 11.5 Å². The number of aromatic hydroxyl groups is 2. The van der Waals surface area contributed by atoms with Gasteiger partial charge in [-0.15, -0.1) is 0 Å². The number of nitrogens with zero attached hydrogens (tertiary/aromatic N) is 1. The number of rotatable bonds is 29. The Labute approximate surface area is 416 Å². The standard InChI is InChI=1S/C46H68N10O14S/c1-3-25(2)38(45(68)49-30(7-4-5-17-47)39(62)54-35(24-71)43(66)53-34(23-58)46(69)70)55-42(65)33(22-57)52-41(64)31(19-26-9-13-28(59)14-10-26)50-40(63)32(20-27-11-15-29(60)16-12-27)51-44(67)36-8-6-18-56(36)37(61)21-48/h9-16,25,30-36,38,57-60,71H,3-8,17-24,47-48H2,1-2H3,(H,49,68)(H,50,63)(H,51,67)(H,52,64)(H,53,66)(H,54,62)(H,55,65)(H,69,70)/t25-,30-,31-,32-,33-,34-,35-,36-,38-/m0/s1. The summed E-state index contributed by atoms with van der Waals surface area (Å²) in [5, 5.41) is 66.3. The predicted molar refractivity (Wildman–Crippen MR) is 259 cm³/mol. The van der Waals surface area contributed by atoms with E-state index in [1.807, 2.05) is 0 Å². The van der Waals surface area contributed by atoms with Gasteiger partial charge in [0.05, 0.1) is 19.8 Å². The van der Waals surface area contributed by atoms with Gasteiger partial charge in [-0.1, -0.05) is 44.5 Å². The number of carbonyl (C=O) groups excluding carboxylic acids is 8. The van der Waals surface area contributed by atoms with Gasteiger partial charge in [-0.05, 0) is 80.0 Å². The van der Waals surface area contributed by atoms with E-state index in [2.05, 4.69) is 49.8 Å². The van der Waals surface area contributed by atoms with Crippen molar-refractivity contribution < 1.29 is 68.7 Å². The van der Waals surface area contributed by atoms with Crippen LogP contribution in [0.25, 0.3) is 0 Å². The van der Waals surface area contributed by atoms with Gasteiger partial charge in [0.1, 0.15) is 59.8 Å². The monoisotopic (exact) mass is 1020 g/mol. The highest BCUT2D eigenvalue weighted by molar-refractivity contribution is 7.80. The average molecular weight is 1020 g/mol. The summed E-state index contributed by atoms with van der Waals surface area (Å²) in [6.07, 6.45) is 1.53. The van der Waals surface area contributed by atoms with Gasteiger partial charge >= 0.3 is 5.97 Å². The highest BCUT2D eigenvalue weighted by Gasteiger charge is 2.38. The Hall–Kier alpha value is -6.54. The number of phenolic OH excluding ortho intramolecular Hbond substituents is 2. The van der Waals surface area contributed by atoms with Gasteiger partial charge in [0.2, 0.25) is 47.3 Å². The molecule has 2 aromatic carbocycles. The minimum absolute atomic E-state index is 0.0151. The number of hydrogen-bond acceptors (Lipinski definition) is 16. The summed E-state index contributed by atoms with van der Waals surface area (Å²) in [6, 6.07) is 0.189. The maximum atomic E-state index is 14.3. The maximum absolute atomic E-state index is 14.3. The first-order valence-electron chi connectivity index (χ1n) is 23.2. The fraction of sp³-hybridized carbons (Fsp3) is 0.543. The van der Waals surface area contributed by atoms with Gasteiger partial charge < -0.3 is 79.1 Å². The van der Waals surface area contributed by atoms with E-state index in [-0.39, 0.29) is 56.1 Å². The fourth-order valence-electron chi connectivity index (χ4n) is 7.52. The molecule has 8 amide bonds. The van der Waals surface area contributed by atoms with E-state index in [1.165, 1.54) is 53.4 Å². The molecule has 1 heterocycles. The van der Waals surface area contributed by atoms with Gasteiger partial charge in [-0.2, -0.15) is 12.6 Å². The number of aliphatic carboxylic acids is 1. The number of aliphatic hydroxyl groups is 2. The molecule has 0 aromatic heterocycles. The summed E-state index contributed by atoms with van der Waals surface area (Å²) in [4.78, 5) is 122. The summed E-state index contributed by atoms with van der Waals surface area (Å²) in [5.41, 5.74) is 12.2. The van der Waals surface area contributed by atoms with E-state index in [0.717, 1.165) is 0 Å². The van der Waals surface area contributed by atoms with Crippen LogP contribution < -0.4 is 48.7 Å². The third kappa shape index (κ3) is 18.3. The molecule has 0 unspecified atom stereocenters. The average Bonchev–Trinajstić information content (AvgIpc) is 3.86. The van der Waals surface area contributed by atoms with Crippen LogP contribution in [0.4, 0.5) is 0 Å². The van der Waals surface area contributed by atoms with Gasteiger partial charge in [0.15, 0.2) is 0 Å². The highest BCUT2D eigenvalue weighted by Crippen LogP contribution is 2.19. The molecule has 0 bridgehead atoms. The van der Waals surface area contributed by atoms with E-state index in [1.54, 1.807) is 13.8 Å². The molecule has 2 aromatic rings. The Bertz CT molecular complexity index is 2140. The number of nitrogens with one attached hydrogen (secondary N) is 7. The Balaban J connectivity index is 1.88. The lowest BCUT2D eigenvalue weighted by Crippen LogP contribution is -2.62. The van der Waals surface area contributed by atoms with Crippen molar-refractivity contribution >= 4 is 65.9 Å². The zero-order valence-electron chi connectivity index (χ0n) is 39.7. The Morgan fingerprint density at radius 1 is 0.648 bits per heavy atom. The fourth-order valence-corrected chi connectivity index (χ4v) is 7.78. The van der Waals surface area contributed by atoms with E-state index >= 15 is 0 Å². The second-order valence-electron chi connectivity index (χ2n) is 17.1. The molecule has 3 rings (SSSR count). The molecule has 1 fully saturated rings. The summed E-state index contributed by atoms with van der Waals surface area (Å²) >= 11 is 4.09. The van der Waals surface area contributed by atoms with Crippen LogP contribution in [0.1, 0.15) is 63.5 Å². The molecule has 1 aliphatic rings. The molecule has 71 heavy (non-hydrogen) atoms. The smallest absolute Gasteiger partial charge is 0.328 e. The molecule has 1 aliphatic heterocycles. The lowest BCUT2D eigenvalue weighted by molar-refractivity contribution is -0.143. The molecule has 1 saturated heterocycles. The molecule has 392 valence electrons. The number of benzene rings is 2.